The first-order chi connectivity index (χ1) is 5.22. The lowest BCUT2D eigenvalue weighted by Crippen LogP contribution is -1.94. The van der Waals surface area contributed by atoms with Crippen molar-refractivity contribution in [2.75, 3.05) is 11.1 Å². The van der Waals surface area contributed by atoms with Gasteiger partial charge in [-0.15, -0.1) is 0 Å². The van der Waals surface area contributed by atoms with E-state index in [9.17, 15) is 4.79 Å². The monoisotopic (exact) mass is 170 g/mol. The van der Waals surface area contributed by atoms with E-state index in [1.54, 1.807) is 18.2 Å². The van der Waals surface area contributed by atoms with E-state index in [0.717, 1.165) is 0 Å². The van der Waals surface area contributed by atoms with Gasteiger partial charge in [-0.05, 0) is 18.2 Å². The topological polar surface area (TPSA) is 55.1 Å². The number of halogens is 1. The van der Waals surface area contributed by atoms with Gasteiger partial charge in [0.05, 0.1) is 0 Å². The van der Waals surface area contributed by atoms with Gasteiger partial charge in [0.1, 0.15) is 0 Å². The Bertz CT molecular complexity index is 255. The molecular weight excluding hydrogens is 164 g/mol. The molecule has 0 aliphatic rings. The number of nitrogen functional groups attached to an aromatic ring is 1. The molecule has 11 heavy (non-hydrogen) atoms. The van der Waals surface area contributed by atoms with Gasteiger partial charge in [0.15, 0.2) is 0 Å². The Labute approximate surface area is 69.2 Å². The summed E-state index contributed by atoms with van der Waals surface area (Å²) < 4.78 is 0. The molecule has 0 spiro atoms. The normalized spacial score (nSPS) is 9.18. The van der Waals surface area contributed by atoms with Crippen LogP contribution in [0.25, 0.3) is 0 Å². The lowest BCUT2D eigenvalue weighted by Gasteiger charge is -2.00. The minimum Gasteiger partial charge on any atom is -0.399 e. The van der Waals surface area contributed by atoms with E-state index in [2.05, 4.69) is 5.32 Å². The molecule has 1 aromatic carbocycles. The molecule has 1 amide bonds. The van der Waals surface area contributed by atoms with Gasteiger partial charge in [0.25, 0.3) is 0 Å². The zero-order valence-electron chi connectivity index (χ0n) is 5.67. The van der Waals surface area contributed by atoms with Gasteiger partial charge < -0.3 is 11.1 Å². The van der Waals surface area contributed by atoms with Gasteiger partial charge in [-0.25, -0.2) is 0 Å². The summed E-state index contributed by atoms with van der Waals surface area (Å²) in [6.45, 7) is 0. The molecule has 0 saturated carbocycles. The Morgan fingerprint density at radius 1 is 1.45 bits per heavy atom. The van der Waals surface area contributed by atoms with E-state index in [-0.39, 0.29) is 0 Å². The van der Waals surface area contributed by atoms with Crippen LogP contribution in [0.2, 0.25) is 5.02 Å². The minimum absolute atomic E-state index is 0.509. The fraction of sp³-hybridized carbons (Fsp3) is 0. The first kappa shape index (κ1) is 7.88. The Hall–Kier alpha value is -1.22. The molecule has 0 heterocycles. The molecule has 0 unspecified atom stereocenters. The first-order valence-corrected chi connectivity index (χ1v) is 3.36. The van der Waals surface area contributed by atoms with Crippen molar-refractivity contribution < 1.29 is 4.79 Å². The van der Waals surface area contributed by atoms with E-state index < -0.39 is 0 Å². The number of benzene rings is 1. The first-order valence-electron chi connectivity index (χ1n) is 2.98. The van der Waals surface area contributed by atoms with Crippen LogP contribution in [0.4, 0.5) is 11.4 Å². The van der Waals surface area contributed by atoms with Crippen LogP contribution >= 0.6 is 11.6 Å². The highest BCUT2D eigenvalue weighted by molar-refractivity contribution is 6.31. The molecular formula is C7H7ClN2O. The summed E-state index contributed by atoms with van der Waals surface area (Å²) in [5.41, 5.74) is 6.58. The van der Waals surface area contributed by atoms with Gasteiger partial charge in [0.2, 0.25) is 6.41 Å². The van der Waals surface area contributed by atoms with Gasteiger partial charge >= 0.3 is 0 Å². The van der Waals surface area contributed by atoms with E-state index >= 15 is 0 Å². The van der Waals surface area contributed by atoms with Crippen molar-refractivity contribution in [2.45, 2.75) is 0 Å². The lowest BCUT2D eigenvalue weighted by atomic mass is 10.3. The predicted octanol–water partition coefficient (Wildman–Crippen LogP) is 1.49. The second-order valence-corrected chi connectivity index (χ2v) is 2.47. The van der Waals surface area contributed by atoms with Crippen molar-refractivity contribution in [1.29, 1.82) is 0 Å². The smallest absolute Gasteiger partial charge is 0.211 e. The molecule has 3 N–H and O–H groups in total. The number of amides is 1. The van der Waals surface area contributed by atoms with E-state index in [0.29, 0.717) is 22.8 Å². The number of nitrogens with two attached hydrogens (primary N) is 1. The van der Waals surface area contributed by atoms with E-state index in [1.807, 2.05) is 0 Å². The highest BCUT2D eigenvalue weighted by atomic mass is 35.5. The lowest BCUT2D eigenvalue weighted by molar-refractivity contribution is -0.105. The van der Waals surface area contributed by atoms with E-state index in [1.165, 1.54) is 0 Å². The number of rotatable bonds is 2. The molecule has 4 heteroatoms. The van der Waals surface area contributed by atoms with Crippen LogP contribution in [0.1, 0.15) is 0 Å². The van der Waals surface area contributed by atoms with Crippen molar-refractivity contribution in [1.82, 2.24) is 0 Å². The summed E-state index contributed by atoms with van der Waals surface area (Å²) in [6.07, 6.45) is 0.575. The maximum absolute atomic E-state index is 10.0. The Morgan fingerprint density at radius 3 is 2.73 bits per heavy atom. The Morgan fingerprint density at radius 2 is 2.18 bits per heavy atom. The Balaban J connectivity index is 2.98. The average molecular weight is 171 g/mol. The summed E-state index contributed by atoms with van der Waals surface area (Å²) in [7, 11) is 0. The third-order valence-corrected chi connectivity index (χ3v) is 1.36. The van der Waals surface area contributed by atoms with Crippen LogP contribution < -0.4 is 11.1 Å². The van der Waals surface area contributed by atoms with Gasteiger partial charge in [-0.3, -0.25) is 4.79 Å². The molecule has 1 aromatic rings. The molecule has 0 saturated heterocycles. The molecule has 3 nitrogen and oxygen atoms in total. The molecule has 0 fully saturated rings. The second-order valence-electron chi connectivity index (χ2n) is 2.04. The van der Waals surface area contributed by atoms with Gasteiger partial charge in [0, 0.05) is 16.4 Å². The number of carbonyl (C=O) groups excluding carboxylic acids is 1. The van der Waals surface area contributed by atoms with Crippen LogP contribution in [-0.2, 0) is 4.79 Å². The van der Waals surface area contributed by atoms with Crippen molar-refractivity contribution >= 4 is 29.4 Å². The molecule has 0 aliphatic heterocycles. The molecule has 0 aliphatic carbocycles. The molecule has 58 valence electrons. The number of carbonyl (C=O) groups is 1. The van der Waals surface area contributed by atoms with Crippen LogP contribution in [0.15, 0.2) is 18.2 Å². The quantitative estimate of drug-likeness (QED) is 0.522. The molecule has 1 rings (SSSR count). The average Bonchev–Trinajstić information content (AvgIpc) is 1.85. The molecule has 0 atom stereocenters. The third kappa shape index (κ3) is 2.13. The fourth-order valence-corrected chi connectivity index (χ4v) is 1.01. The van der Waals surface area contributed by atoms with Crippen molar-refractivity contribution in [3.8, 4) is 0 Å². The van der Waals surface area contributed by atoms with Gasteiger partial charge in [-0.2, -0.15) is 0 Å². The number of hydrogen-bond donors (Lipinski definition) is 2. The largest absolute Gasteiger partial charge is 0.399 e. The molecule has 0 bridgehead atoms. The van der Waals surface area contributed by atoms with Crippen LogP contribution in [0.3, 0.4) is 0 Å². The molecule has 0 radical (unpaired) electrons. The summed E-state index contributed by atoms with van der Waals surface area (Å²) in [5.74, 6) is 0. The van der Waals surface area contributed by atoms with Crippen LogP contribution in [0.5, 0.6) is 0 Å². The number of nitrogens with one attached hydrogen (secondary N) is 1. The summed E-state index contributed by atoms with van der Waals surface area (Å²) in [6, 6.07) is 4.85. The second kappa shape index (κ2) is 3.25. The maximum Gasteiger partial charge on any atom is 0.211 e. The standard InChI is InChI=1S/C7H7ClN2O/c8-5-1-6(9)3-7(2-5)10-4-11/h1-4H,9H2,(H,10,11). The Kier molecular flexibility index (Phi) is 2.33. The highest BCUT2D eigenvalue weighted by Crippen LogP contribution is 2.19. The number of anilines is 2. The highest BCUT2D eigenvalue weighted by Gasteiger charge is 1.94. The zero-order chi connectivity index (χ0) is 8.27. The SMILES string of the molecule is Nc1cc(Cl)cc(NC=O)c1. The maximum atomic E-state index is 10.0. The predicted molar refractivity (Wildman–Crippen MR) is 45.6 cm³/mol. The van der Waals surface area contributed by atoms with Crippen LogP contribution in [0, 0.1) is 0 Å². The zero-order valence-corrected chi connectivity index (χ0v) is 6.43. The van der Waals surface area contributed by atoms with Crippen molar-refractivity contribution in [3.63, 3.8) is 0 Å². The van der Waals surface area contributed by atoms with E-state index in [4.69, 9.17) is 17.3 Å². The number of hydrogen-bond acceptors (Lipinski definition) is 2. The molecule has 0 aromatic heterocycles. The minimum atomic E-state index is 0.509. The van der Waals surface area contributed by atoms with Crippen LogP contribution in [-0.4, -0.2) is 6.41 Å². The van der Waals surface area contributed by atoms with Crippen molar-refractivity contribution in [2.24, 2.45) is 0 Å². The summed E-state index contributed by atoms with van der Waals surface area (Å²) >= 11 is 5.65. The summed E-state index contributed by atoms with van der Waals surface area (Å²) in [5, 5.41) is 2.95. The summed E-state index contributed by atoms with van der Waals surface area (Å²) in [4.78, 5) is 10.0. The third-order valence-electron chi connectivity index (χ3n) is 1.15. The fourth-order valence-electron chi connectivity index (χ4n) is 0.764. The van der Waals surface area contributed by atoms with Gasteiger partial charge in [-0.1, -0.05) is 11.6 Å². The van der Waals surface area contributed by atoms with Crippen molar-refractivity contribution in [3.05, 3.63) is 23.2 Å².